The topological polar surface area (TPSA) is 42.8 Å². The van der Waals surface area contributed by atoms with Crippen LogP contribution in [0.2, 0.25) is 0 Å². The predicted octanol–water partition coefficient (Wildman–Crippen LogP) is 1.78. The predicted molar refractivity (Wildman–Crippen MR) is 46.9 cm³/mol. The lowest BCUT2D eigenvalue weighted by atomic mass is 10.1. The zero-order valence-corrected chi connectivity index (χ0v) is 6.28. The fraction of sp³-hybridized carbons (Fsp3) is 0. The van der Waals surface area contributed by atoms with Crippen LogP contribution in [0.4, 0.5) is 5.69 Å². The Morgan fingerprint density at radius 2 is 2.25 bits per heavy atom. The molecule has 3 nitrogen and oxygen atoms in total. The van der Waals surface area contributed by atoms with Gasteiger partial charge in [0.2, 0.25) is 0 Å². The van der Waals surface area contributed by atoms with Crippen molar-refractivity contribution in [2.45, 2.75) is 0 Å². The molecule has 0 bridgehead atoms. The molecule has 0 amide bonds. The normalized spacial score (nSPS) is 13.3. The van der Waals surface area contributed by atoms with Crippen LogP contribution in [-0.2, 0) is 0 Å². The highest BCUT2D eigenvalue weighted by Gasteiger charge is 2.10. The molecule has 0 saturated heterocycles. The summed E-state index contributed by atoms with van der Waals surface area (Å²) in [5.41, 5.74) is 3.24. The largest absolute Gasteiger partial charge is 0.278 e. The SMILES string of the molecule is C1=Cc2ccc3[nH]ncc3c2[N]1. The molecule has 1 aromatic carbocycles. The summed E-state index contributed by atoms with van der Waals surface area (Å²) < 4.78 is 0. The van der Waals surface area contributed by atoms with Crippen molar-refractivity contribution < 1.29 is 0 Å². The van der Waals surface area contributed by atoms with Gasteiger partial charge in [-0.2, -0.15) is 5.10 Å². The molecule has 1 aliphatic heterocycles. The van der Waals surface area contributed by atoms with Gasteiger partial charge >= 0.3 is 0 Å². The van der Waals surface area contributed by atoms with Crippen molar-refractivity contribution in [2.75, 3.05) is 0 Å². The van der Waals surface area contributed by atoms with Crippen LogP contribution >= 0.6 is 0 Å². The minimum atomic E-state index is 1.03. The van der Waals surface area contributed by atoms with Crippen molar-refractivity contribution in [3.8, 4) is 0 Å². The lowest BCUT2D eigenvalue weighted by molar-refractivity contribution is 1.12. The molecule has 1 radical (unpaired) electrons. The Kier molecular flexibility index (Phi) is 0.913. The van der Waals surface area contributed by atoms with E-state index in [1.807, 2.05) is 30.6 Å². The number of hydrogen-bond acceptors (Lipinski definition) is 1. The van der Waals surface area contributed by atoms with Crippen molar-refractivity contribution in [2.24, 2.45) is 0 Å². The third-order valence-corrected chi connectivity index (χ3v) is 2.08. The maximum absolute atomic E-state index is 4.26. The van der Waals surface area contributed by atoms with Crippen molar-refractivity contribution in [3.05, 3.63) is 30.1 Å². The second-order valence-corrected chi connectivity index (χ2v) is 2.78. The van der Waals surface area contributed by atoms with Crippen LogP contribution < -0.4 is 5.32 Å². The van der Waals surface area contributed by atoms with Gasteiger partial charge in [0.15, 0.2) is 0 Å². The van der Waals surface area contributed by atoms with Gasteiger partial charge < -0.3 is 0 Å². The maximum atomic E-state index is 4.26. The van der Waals surface area contributed by atoms with E-state index < -0.39 is 0 Å². The Hall–Kier alpha value is -1.77. The van der Waals surface area contributed by atoms with Gasteiger partial charge in [-0.1, -0.05) is 6.07 Å². The Labute approximate surface area is 69.1 Å². The molecule has 0 atom stereocenters. The van der Waals surface area contributed by atoms with Crippen LogP contribution in [0.25, 0.3) is 17.0 Å². The second kappa shape index (κ2) is 1.88. The van der Waals surface area contributed by atoms with E-state index in [-0.39, 0.29) is 0 Å². The summed E-state index contributed by atoms with van der Waals surface area (Å²) >= 11 is 0. The summed E-state index contributed by atoms with van der Waals surface area (Å²) in [6.45, 7) is 0. The van der Waals surface area contributed by atoms with Gasteiger partial charge in [0.1, 0.15) is 0 Å². The van der Waals surface area contributed by atoms with E-state index in [9.17, 15) is 0 Å². The number of aromatic nitrogens is 2. The molecule has 12 heavy (non-hydrogen) atoms. The van der Waals surface area contributed by atoms with Gasteiger partial charge in [0.25, 0.3) is 0 Å². The van der Waals surface area contributed by atoms with Crippen LogP contribution in [-0.4, -0.2) is 10.2 Å². The van der Waals surface area contributed by atoms with E-state index in [0.29, 0.717) is 0 Å². The highest BCUT2D eigenvalue weighted by Crippen LogP contribution is 2.30. The summed E-state index contributed by atoms with van der Waals surface area (Å²) in [5.74, 6) is 0. The van der Waals surface area contributed by atoms with Gasteiger partial charge in [-0.25, -0.2) is 0 Å². The molecule has 0 saturated carbocycles. The summed E-state index contributed by atoms with van der Waals surface area (Å²) in [6, 6.07) is 4.06. The van der Waals surface area contributed by atoms with Gasteiger partial charge in [-0.3, -0.25) is 10.4 Å². The molecule has 1 N–H and O–H groups in total. The third-order valence-electron chi connectivity index (χ3n) is 2.08. The third kappa shape index (κ3) is 0.580. The minimum Gasteiger partial charge on any atom is -0.278 e. The number of nitrogens with zero attached hydrogens (tertiary/aromatic N) is 2. The molecule has 0 spiro atoms. The summed E-state index contributed by atoms with van der Waals surface area (Å²) in [6.07, 6.45) is 5.63. The summed E-state index contributed by atoms with van der Waals surface area (Å²) in [4.78, 5) is 0. The molecular formula is C9H6N3. The molecule has 0 aliphatic carbocycles. The zero-order chi connectivity index (χ0) is 7.97. The molecular weight excluding hydrogens is 150 g/mol. The van der Waals surface area contributed by atoms with Crippen molar-refractivity contribution in [3.63, 3.8) is 0 Å². The summed E-state index contributed by atoms with van der Waals surface area (Å²) in [5, 5.41) is 12.2. The number of benzene rings is 1. The molecule has 1 aromatic heterocycles. The van der Waals surface area contributed by atoms with Crippen molar-refractivity contribution >= 4 is 22.7 Å². The highest BCUT2D eigenvalue weighted by molar-refractivity contribution is 5.95. The first kappa shape index (κ1) is 5.83. The molecule has 2 heterocycles. The van der Waals surface area contributed by atoms with Crippen LogP contribution in [0, 0.1) is 0 Å². The zero-order valence-electron chi connectivity index (χ0n) is 6.28. The number of aromatic amines is 1. The first-order chi connectivity index (χ1) is 5.95. The lowest BCUT2D eigenvalue weighted by Gasteiger charge is -1.97. The number of rotatable bonds is 0. The number of nitrogens with one attached hydrogen (secondary N) is 1. The second-order valence-electron chi connectivity index (χ2n) is 2.78. The number of H-pyrrole nitrogens is 1. The number of fused-ring (bicyclic) bond motifs is 3. The van der Waals surface area contributed by atoms with Crippen LogP contribution in [0.3, 0.4) is 0 Å². The Balaban J connectivity index is 2.49. The Morgan fingerprint density at radius 3 is 3.25 bits per heavy atom. The summed E-state index contributed by atoms with van der Waals surface area (Å²) in [7, 11) is 0. The smallest absolute Gasteiger partial charge is 0.0812 e. The first-order valence-corrected chi connectivity index (χ1v) is 3.78. The van der Waals surface area contributed by atoms with Crippen molar-refractivity contribution in [1.82, 2.24) is 15.5 Å². The fourth-order valence-corrected chi connectivity index (χ4v) is 1.49. The standard InChI is InChI=1S/C9H6N3/c1-2-8-7(5-11-12-8)9-6(1)3-4-10-9/h1-5H,(H,11,12). The Bertz CT molecular complexity index is 468. The van der Waals surface area contributed by atoms with E-state index >= 15 is 0 Å². The van der Waals surface area contributed by atoms with E-state index in [1.165, 1.54) is 5.56 Å². The molecule has 1 aliphatic rings. The van der Waals surface area contributed by atoms with Crippen LogP contribution in [0.5, 0.6) is 0 Å². The maximum Gasteiger partial charge on any atom is 0.0812 e. The minimum absolute atomic E-state index is 1.03. The molecule has 0 unspecified atom stereocenters. The molecule has 2 aromatic rings. The lowest BCUT2D eigenvalue weighted by Crippen LogP contribution is -1.82. The highest BCUT2D eigenvalue weighted by atomic mass is 15.1. The molecule has 57 valence electrons. The monoisotopic (exact) mass is 156 g/mol. The first-order valence-electron chi connectivity index (χ1n) is 3.78. The van der Waals surface area contributed by atoms with Gasteiger partial charge in [-0.05, 0) is 12.1 Å². The Morgan fingerprint density at radius 1 is 1.25 bits per heavy atom. The average molecular weight is 156 g/mol. The van der Waals surface area contributed by atoms with Crippen molar-refractivity contribution in [1.29, 1.82) is 0 Å². The van der Waals surface area contributed by atoms with Gasteiger partial charge in [0, 0.05) is 17.1 Å². The van der Waals surface area contributed by atoms with E-state index in [1.54, 1.807) is 0 Å². The van der Waals surface area contributed by atoms with Gasteiger partial charge in [-0.15, -0.1) is 0 Å². The van der Waals surface area contributed by atoms with E-state index in [4.69, 9.17) is 0 Å². The molecule has 3 rings (SSSR count). The van der Waals surface area contributed by atoms with E-state index in [2.05, 4.69) is 15.5 Å². The van der Waals surface area contributed by atoms with E-state index in [0.717, 1.165) is 16.6 Å². The number of hydrogen-bond donors (Lipinski definition) is 1. The average Bonchev–Trinajstić information content (AvgIpc) is 2.71. The van der Waals surface area contributed by atoms with Crippen LogP contribution in [0.1, 0.15) is 5.56 Å². The molecule has 0 fully saturated rings. The quantitative estimate of drug-likeness (QED) is 0.620. The van der Waals surface area contributed by atoms with Crippen LogP contribution in [0.15, 0.2) is 24.5 Å². The van der Waals surface area contributed by atoms with Gasteiger partial charge in [0.05, 0.1) is 17.4 Å². The molecule has 3 heteroatoms. The fourth-order valence-electron chi connectivity index (χ4n) is 1.49.